The molecule has 0 aromatic heterocycles. The fraction of sp³-hybridized carbons (Fsp3) is 1.00. The first-order valence-electron chi connectivity index (χ1n) is 7.80. The van der Waals surface area contributed by atoms with Crippen LogP contribution < -0.4 is 0 Å². The van der Waals surface area contributed by atoms with Crippen molar-refractivity contribution in [3.63, 3.8) is 0 Å². The number of rotatable bonds is 12. The highest BCUT2D eigenvalue weighted by molar-refractivity contribution is 7.53. The zero-order chi connectivity index (χ0) is 19.2. The van der Waals surface area contributed by atoms with Gasteiger partial charge in [0.1, 0.15) is 12.7 Å². The van der Waals surface area contributed by atoms with Gasteiger partial charge in [0, 0.05) is 28.4 Å². The summed E-state index contributed by atoms with van der Waals surface area (Å²) in [7, 11) is -0.535. The number of hydrogen-bond donors (Lipinski definition) is 0. The first-order chi connectivity index (χ1) is 11.2. The van der Waals surface area contributed by atoms with Crippen molar-refractivity contribution in [2.24, 2.45) is 0 Å². The van der Waals surface area contributed by atoms with Gasteiger partial charge in [-0.3, -0.25) is 9.13 Å². The lowest BCUT2D eigenvalue weighted by molar-refractivity contribution is 0.0806. The van der Waals surface area contributed by atoms with E-state index in [0.717, 1.165) is 12.8 Å². The van der Waals surface area contributed by atoms with Crippen molar-refractivity contribution in [2.45, 2.75) is 52.7 Å². The van der Waals surface area contributed by atoms with Gasteiger partial charge < -0.3 is 27.6 Å². The minimum Gasteiger partial charge on any atom is -0.366 e. The molecule has 24 heavy (non-hydrogen) atoms. The molecule has 0 saturated carbocycles. The molecule has 0 bridgehead atoms. The van der Waals surface area contributed by atoms with Crippen molar-refractivity contribution in [1.29, 1.82) is 0 Å². The Balaban J connectivity index is 0. The summed E-state index contributed by atoms with van der Waals surface area (Å²) >= 11 is 0. The van der Waals surface area contributed by atoms with E-state index in [-0.39, 0.29) is 24.9 Å². The lowest BCUT2D eigenvalue weighted by Gasteiger charge is -2.16. The van der Waals surface area contributed by atoms with Gasteiger partial charge in [-0.25, -0.2) is 0 Å². The summed E-state index contributed by atoms with van der Waals surface area (Å²) in [4.78, 5) is 0. The van der Waals surface area contributed by atoms with E-state index < -0.39 is 15.2 Å². The number of ether oxygens (including phenoxy) is 2. The second-order valence-electron chi connectivity index (χ2n) is 4.98. The zero-order valence-electron chi connectivity index (χ0n) is 16.1. The monoisotopic (exact) mass is 392 g/mol. The molecule has 0 radical (unpaired) electrons. The molecule has 0 aromatic rings. The maximum Gasteiger partial charge on any atom is 0.355 e. The number of hydrogen-bond acceptors (Lipinski definition) is 8. The molecule has 0 aliphatic heterocycles. The van der Waals surface area contributed by atoms with E-state index in [2.05, 4.69) is 0 Å². The molecular formula is C14H34O8P2. The third-order valence-electron chi connectivity index (χ3n) is 3.30. The molecular weight excluding hydrogens is 358 g/mol. The predicted octanol–water partition coefficient (Wildman–Crippen LogP) is 4.49. The highest BCUT2D eigenvalue weighted by Crippen LogP contribution is 2.47. The minimum atomic E-state index is -2.97. The summed E-state index contributed by atoms with van der Waals surface area (Å²) in [6.07, 6.45) is 1.98. The van der Waals surface area contributed by atoms with E-state index in [9.17, 15) is 9.13 Å². The molecule has 2 atom stereocenters. The molecule has 0 N–H and O–H groups in total. The van der Waals surface area contributed by atoms with Crippen molar-refractivity contribution in [3.05, 3.63) is 0 Å². The van der Waals surface area contributed by atoms with Crippen molar-refractivity contribution in [1.82, 2.24) is 0 Å². The SMILES string of the molecule is CCC(C)OCP(=O)(OC)OC.CCC(C)OCP(=O)(OC)OC. The summed E-state index contributed by atoms with van der Waals surface area (Å²) in [5.41, 5.74) is 0. The Kier molecular flexibility index (Phi) is 15.9. The smallest absolute Gasteiger partial charge is 0.355 e. The third-order valence-corrected chi connectivity index (χ3v) is 6.45. The Hall–Kier alpha value is 0.220. The minimum absolute atomic E-state index is 0.0228. The van der Waals surface area contributed by atoms with Crippen molar-refractivity contribution < 1.29 is 36.7 Å². The third kappa shape index (κ3) is 12.6. The molecule has 8 nitrogen and oxygen atoms in total. The van der Waals surface area contributed by atoms with E-state index in [1.54, 1.807) is 0 Å². The Morgan fingerprint density at radius 2 is 0.917 bits per heavy atom. The fourth-order valence-electron chi connectivity index (χ4n) is 1.03. The topological polar surface area (TPSA) is 89.5 Å². The lowest BCUT2D eigenvalue weighted by atomic mass is 10.3. The van der Waals surface area contributed by atoms with Crippen LogP contribution in [0.25, 0.3) is 0 Å². The lowest BCUT2D eigenvalue weighted by Crippen LogP contribution is -2.09. The summed E-state index contributed by atoms with van der Waals surface area (Å²) in [6.45, 7) is 7.82. The van der Waals surface area contributed by atoms with E-state index in [0.29, 0.717) is 0 Å². The molecule has 0 fully saturated rings. The van der Waals surface area contributed by atoms with Crippen molar-refractivity contribution in [2.75, 3.05) is 41.1 Å². The Labute approximate surface area is 146 Å². The Bertz CT molecular complexity index is 339. The molecule has 0 rings (SSSR count). The van der Waals surface area contributed by atoms with Crippen molar-refractivity contribution >= 4 is 15.2 Å². The molecule has 0 aromatic carbocycles. The first-order valence-corrected chi connectivity index (χ1v) is 11.3. The largest absolute Gasteiger partial charge is 0.366 e. The van der Waals surface area contributed by atoms with Gasteiger partial charge in [0.25, 0.3) is 0 Å². The van der Waals surface area contributed by atoms with Gasteiger partial charge in [0.2, 0.25) is 0 Å². The van der Waals surface area contributed by atoms with Crippen LogP contribution in [0.5, 0.6) is 0 Å². The molecule has 0 amide bonds. The van der Waals surface area contributed by atoms with E-state index in [1.807, 2.05) is 27.7 Å². The Morgan fingerprint density at radius 1 is 0.667 bits per heavy atom. The molecule has 10 heteroatoms. The van der Waals surface area contributed by atoms with Crippen LogP contribution in [0.1, 0.15) is 40.5 Å². The highest BCUT2D eigenvalue weighted by atomic mass is 31.2. The van der Waals surface area contributed by atoms with E-state index in [1.165, 1.54) is 28.4 Å². The van der Waals surface area contributed by atoms with Crippen LogP contribution in [0.2, 0.25) is 0 Å². The molecule has 0 aliphatic rings. The van der Waals surface area contributed by atoms with Crippen LogP contribution in [0.15, 0.2) is 0 Å². The van der Waals surface area contributed by atoms with Gasteiger partial charge in [-0.05, 0) is 26.7 Å². The van der Waals surface area contributed by atoms with Crippen molar-refractivity contribution in [3.8, 4) is 0 Å². The van der Waals surface area contributed by atoms with Crippen LogP contribution in [0.4, 0.5) is 0 Å². The van der Waals surface area contributed by atoms with Gasteiger partial charge in [0.15, 0.2) is 0 Å². The van der Waals surface area contributed by atoms with E-state index >= 15 is 0 Å². The molecule has 0 heterocycles. The summed E-state index contributed by atoms with van der Waals surface area (Å²) in [5, 5.41) is 0. The Morgan fingerprint density at radius 3 is 1.08 bits per heavy atom. The predicted molar refractivity (Wildman–Crippen MR) is 94.7 cm³/mol. The summed E-state index contributed by atoms with van der Waals surface area (Å²) in [5.74, 6) is 0. The summed E-state index contributed by atoms with van der Waals surface area (Å²) in [6, 6.07) is 0. The maximum atomic E-state index is 11.4. The zero-order valence-corrected chi connectivity index (χ0v) is 17.9. The highest BCUT2D eigenvalue weighted by Gasteiger charge is 2.22. The first kappa shape index (κ1) is 26.4. The van der Waals surface area contributed by atoms with Crippen LogP contribution in [-0.2, 0) is 36.7 Å². The van der Waals surface area contributed by atoms with Crippen LogP contribution >= 0.6 is 15.2 Å². The van der Waals surface area contributed by atoms with Crippen LogP contribution in [0, 0.1) is 0 Å². The quantitative estimate of drug-likeness (QED) is 0.449. The van der Waals surface area contributed by atoms with Gasteiger partial charge in [-0.15, -0.1) is 0 Å². The molecule has 0 saturated heterocycles. The fourth-order valence-corrected chi connectivity index (χ4v) is 2.63. The molecule has 148 valence electrons. The van der Waals surface area contributed by atoms with Crippen LogP contribution in [0.3, 0.4) is 0 Å². The normalized spacial score (nSPS) is 14.7. The van der Waals surface area contributed by atoms with Gasteiger partial charge in [-0.1, -0.05) is 13.8 Å². The second-order valence-corrected chi connectivity index (χ2v) is 9.40. The standard InChI is InChI=1S/2C7H17O4P/c2*1-5-7(2)11-6-12(8,9-3)10-4/h2*7H,5-6H2,1-4H3. The molecule has 0 aliphatic carbocycles. The average molecular weight is 392 g/mol. The van der Waals surface area contributed by atoms with Crippen LogP contribution in [-0.4, -0.2) is 53.3 Å². The molecule has 2 unspecified atom stereocenters. The second kappa shape index (κ2) is 14.4. The van der Waals surface area contributed by atoms with Gasteiger partial charge in [-0.2, -0.15) is 0 Å². The van der Waals surface area contributed by atoms with E-state index in [4.69, 9.17) is 27.6 Å². The molecule has 0 spiro atoms. The maximum absolute atomic E-state index is 11.4. The van der Waals surface area contributed by atoms with Gasteiger partial charge >= 0.3 is 15.2 Å². The van der Waals surface area contributed by atoms with Gasteiger partial charge in [0.05, 0.1) is 12.2 Å². The summed E-state index contributed by atoms with van der Waals surface area (Å²) < 4.78 is 52.0. The average Bonchev–Trinajstić information content (AvgIpc) is 2.63.